The number of ether oxygens (including phenoxy) is 1. The van der Waals surface area contributed by atoms with E-state index in [4.69, 9.17) is 4.74 Å². The molecule has 0 saturated heterocycles. The van der Waals surface area contributed by atoms with Crippen LogP contribution in [0.4, 0.5) is 8.78 Å². The number of benzene rings is 1. The lowest BCUT2D eigenvalue weighted by atomic mass is 10.1. The molecule has 2 nitrogen and oxygen atoms in total. The summed E-state index contributed by atoms with van der Waals surface area (Å²) in [6.45, 7) is 0.911. The molecular weight excluding hydrogens is 190 g/mol. The first kappa shape index (κ1) is 10.9. The van der Waals surface area contributed by atoms with Gasteiger partial charge in [0.15, 0.2) is 0 Å². The molecule has 0 radical (unpaired) electrons. The third-order valence-electron chi connectivity index (χ3n) is 1.73. The molecule has 1 aromatic carbocycles. The Morgan fingerprint density at radius 1 is 1.36 bits per heavy atom. The fraction of sp³-hybridized carbons (Fsp3) is 0.400. The number of aliphatic hydroxyl groups excluding tert-OH is 1. The Labute approximate surface area is 81.1 Å². The van der Waals surface area contributed by atoms with Crippen LogP contribution in [0.15, 0.2) is 24.3 Å². The normalized spacial score (nSPS) is 12.9. The molecular formula is C10H12F2O2. The van der Waals surface area contributed by atoms with Crippen molar-refractivity contribution in [3.8, 4) is 5.75 Å². The van der Waals surface area contributed by atoms with E-state index in [0.717, 1.165) is 0 Å². The summed E-state index contributed by atoms with van der Waals surface area (Å²) >= 11 is 0. The molecule has 0 saturated carbocycles. The third-order valence-corrected chi connectivity index (χ3v) is 1.73. The van der Waals surface area contributed by atoms with E-state index < -0.39 is 19.1 Å². The van der Waals surface area contributed by atoms with Crippen LogP contribution >= 0.6 is 0 Å². The Morgan fingerprint density at radius 2 is 2.00 bits per heavy atom. The van der Waals surface area contributed by atoms with Crippen molar-refractivity contribution in [2.24, 2.45) is 0 Å². The second-order valence-corrected chi connectivity index (χ2v) is 2.92. The van der Waals surface area contributed by atoms with Crippen LogP contribution in [0.25, 0.3) is 0 Å². The monoisotopic (exact) mass is 202 g/mol. The lowest BCUT2D eigenvalue weighted by Crippen LogP contribution is -2.09. The molecule has 1 aromatic rings. The van der Waals surface area contributed by atoms with Crippen LogP contribution in [-0.2, 0) is 0 Å². The molecule has 0 aliphatic carbocycles. The smallest absolute Gasteiger partial charge is 0.272 e. The summed E-state index contributed by atoms with van der Waals surface area (Å²) in [5.74, 6) is 0.308. The zero-order valence-electron chi connectivity index (χ0n) is 7.78. The predicted molar refractivity (Wildman–Crippen MR) is 48.6 cm³/mol. The van der Waals surface area contributed by atoms with Crippen molar-refractivity contribution in [1.29, 1.82) is 0 Å². The Morgan fingerprint density at radius 3 is 2.57 bits per heavy atom. The Balaban J connectivity index is 2.74. The van der Waals surface area contributed by atoms with Gasteiger partial charge in [-0.3, -0.25) is 0 Å². The van der Waals surface area contributed by atoms with E-state index in [1.165, 1.54) is 0 Å². The van der Waals surface area contributed by atoms with E-state index in [0.29, 0.717) is 11.3 Å². The molecule has 0 aliphatic heterocycles. The fourth-order valence-electron chi connectivity index (χ4n) is 1.11. The van der Waals surface area contributed by atoms with Crippen molar-refractivity contribution in [3.05, 3.63) is 29.8 Å². The van der Waals surface area contributed by atoms with Crippen LogP contribution in [0, 0.1) is 0 Å². The minimum atomic E-state index is -2.50. The zero-order valence-corrected chi connectivity index (χ0v) is 7.78. The fourth-order valence-corrected chi connectivity index (χ4v) is 1.11. The van der Waals surface area contributed by atoms with E-state index in [1.807, 2.05) is 0 Å². The first-order valence-corrected chi connectivity index (χ1v) is 4.29. The third kappa shape index (κ3) is 2.96. The van der Waals surface area contributed by atoms with Crippen LogP contribution in [0.2, 0.25) is 0 Å². The highest BCUT2D eigenvalue weighted by atomic mass is 19.3. The first-order valence-electron chi connectivity index (χ1n) is 4.29. The van der Waals surface area contributed by atoms with Gasteiger partial charge in [-0.2, -0.15) is 0 Å². The van der Waals surface area contributed by atoms with Gasteiger partial charge in [0, 0.05) is 5.56 Å². The molecule has 0 fully saturated rings. The predicted octanol–water partition coefficient (Wildman–Crippen LogP) is 2.38. The van der Waals surface area contributed by atoms with E-state index in [9.17, 15) is 13.9 Å². The van der Waals surface area contributed by atoms with Gasteiger partial charge >= 0.3 is 0 Å². The summed E-state index contributed by atoms with van der Waals surface area (Å²) in [4.78, 5) is 0. The maximum absolute atomic E-state index is 11.9. The molecule has 4 heteroatoms. The topological polar surface area (TPSA) is 29.5 Å². The quantitative estimate of drug-likeness (QED) is 0.812. The number of hydrogen-bond donors (Lipinski definition) is 1. The summed E-state index contributed by atoms with van der Waals surface area (Å²) in [7, 11) is 0. The number of halogens is 2. The lowest BCUT2D eigenvalue weighted by molar-refractivity contribution is 0.0794. The second kappa shape index (κ2) is 4.91. The van der Waals surface area contributed by atoms with Gasteiger partial charge in [0.2, 0.25) is 0 Å². The Hall–Kier alpha value is -1.16. The maximum atomic E-state index is 11.9. The van der Waals surface area contributed by atoms with Crippen LogP contribution in [0.1, 0.15) is 18.6 Å². The molecule has 1 rings (SSSR count). The standard InChI is InChI=1S/C10H12F2O2/c1-7(13)8-4-2-3-5-9(8)14-6-10(11)12/h2-5,7,10,13H,6H2,1H3. The van der Waals surface area contributed by atoms with Gasteiger partial charge in [-0.15, -0.1) is 0 Å². The van der Waals surface area contributed by atoms with E-state index in [-0.39, 0.29) is 0 Å². The van der Waals surface area contributed by atoms with Crippen molar-refractivity contribution in [2.75, 3.05) is 6.61 Å². The van der Waals surface area contributed by atoms with Gasteiger partial charge in [0.05, 0.1) is 6.10 Å². The molecule has 0 spiro atoms. The number of hydrogen-bond acceptors (Lipinski definition) is 2. The minimum absolute atomic E-state index is 0.308. The van der Waals surface area contributed by atoms with Crippen LogP contribution in [0.5, 0.6) is 5.75 Å². The molecule has 0 amide bonds. The summed E-state index contributed by atoms with van der Waals surface area (Å²) in [5, 5.41) is 9.30. The van der Waals surface area contributed by atoms with E-state index in [2.05, 4.69) is 0 Å². The van der Waals surface area contributed by atoms with Gasteiger partial charge in [-0.1, -0.05) is 18.2 Å². The maximum Gasteiger partial charge on any atom is 0.272 e. The van der Waals surface area contributed by atoms with Crippen molar-refractivity contribution < 1.29 is 18.6 Å². The zero-order chi connectivity index (χ0) is 10.6. The largest absolute Gasteiger partial charge is 0.487 e. The van der Waals surface area contributed by atoms with Gasteiger partial charge in [-0.05, 0) is 13.0 Å². The number of alkyl halides is 2. The summed E-state index contributed by atoms with van der Waals surface area (Å²) < 4.78 is 28.6. The molecule has 0 aliphatic rings. The number of aliphatic hydroxyl groups is 1. The highest BCUT2D eigenvalue weighted by Gasteiger charge is 2.10. The lowest BCUT2D eigenvalue weighted by Gasteiger charge is -2.12. The average Bonchev–Trinajstić information content (AvgIpc) is 2.15. The highest BCUT2D eigenvalue weighted by Crippen LogP contribution is 2.24. The molecule has 14 heavy (non-hydrogen) atoms. The van der Waals surface area contributed by atoms with Crippen molar-refractivity contribution in [1.82, 2.24) is 0 Å². The molecule has 0 heterocycles. The van der Waals surface area contributed by atoms with Crippen LogP contribution in [0.3, 0.4) is 0 Å². The second-order valence-electron chi connectivity index (χ2n) is 2.92. The van der Waals surface area contributed by atoms with E-state index >= 15 is 0 Å². The van der Waals surface area contributed by atoms with Gasteiger partial charge in [0.1, 0.15) is 12.4 Å². The van der Waals surface area contributed by atoms with Gasteiger partial charge in [0.25, 0.3) is 6.43 Å². The van der Waals surface area contributed by atoms with E-state index in [1.54, 1.807) is 31.2 Å². The molecule has 1 atom stereocenters. The SMILES string of the molecule is CC(O)c1ccccc1OCC(F)F. The van der Waals surface area contributed by atoms with Gasteiger partial charge < -0.3 is 9.84 Å². The molecule has 0 bridgehead atoms. The van der Waals surface area contributed by atoms with Gasteiger partial charge in [-0.25, -0.2) is 8.78 Å². The van der Waals surface area contributed by atoms with Crippen LogP contribution < -0.4 is 4.74 Å². The minimum Gasteiger partial charge on any atom is -0.487 e. The summed E-state index contributed by atoms with van der Waals surface area (Å²) in [6, 6.07) is 6.60. The molecule has 1 N–H and O–H groups in total. The first-order chi connectivity index (χ1) is 6.61. The number of rotatable bonds is 4. The van der Waals surface area contributed by atoms with Crippen molar-refractivity contribution in [3.63, 3.8) is 0 Å². The average molecular weight is 202 g/mol. The van der Waals surface area contributed by atoms with Crippen molar-refractivity contribution in [2.45, 2.75) is 19.5 Å². The van der Waals surface area contributed by atoms with Crippen LogP contribution in [-0.4, -0.2) is 18.1 Å². The summed E-state index contributed by atoms with van der Waals surface area (Å²) in [5.41, 5.74) is 0.521. The summed E-state index contributed by atoms with van der Waals surface area (Å²) in [6.07, 6.45) is -3.22. The highest BCUT2D eigenvalue weighted by molar-refractivity contribution is 5.34. The molecule has 0 aromatic heterocycles. The molecule has 1 unspecified atom stereocenters. The Kier molecular flexibility index (Phi) is 3.83. The Bertz CT molecular complexity index is 287. The number of para-hydroxylation sites is 1. The molecule has 78 valence electrons. The van der Waals surface area contributed by atoms with Crippen molar-refractivity contribution >= 4 is 0 Å².